The Hall–Kier alpha value is -1.94. The van der Waals surface area contributed by atoms with Gasteiger partial charge in [-0.25, -0.2) is 4.39 Å². The number of hydrogen-bond donors (Lipinski definition) is 1. The highest BCUT2D eigenvalue weighted by atomic mass is 32.1. The van der Waals surface area contributed by atoms with Crippen LogP contribution in [0.2, 0.25) is 0 Å². The molecule has 96 valence electrons. The second-order valence-electron chi connectivity index (χ2n) is 4.60. The van der Waals surface area contributed by atoms with Crippen molar-refractivity contribution in [2.45, 2.75) is 13.5 Å². The number of aromatic nitrogens is 2. The minimum Gasteiger partial charge on any atom is -0.330 e. The van der Waals surface area contributed by atoms with E-state index in [1.807, 2.05) is 16.7 Å². The normalized spacial score (nSPS) is 11.1. The van der Waals surface area contributed by atoms with Gasteiger partial charge in [-0.3, -0.25) is 0 Å². The van der Waals surface area contributed by atoms with Crippen molar-refractivity contribution in [1.29, 1.82) is 0 Å². The molecular weight excluding hydrogens is 259 g/mol. The molecule has 4 heteroatoms. The number of benzene rings is 2. The van der Waals surface area contributed by atoms with Crippen molar-refractivity contribution in [2.75, 3.05) is 0 Å². The highest BCUT2D eigenvalue weighted by molar-refractivity contribution is 7.71. The highest BCUT2D eigenvalue weighted by Gasteiger charge is 2.07. The van der Waals surface area contributed by atoms with Gasteiger partial charge in [0.1, 0.15) is 5.82 Å². The zero-order valence-corrected chi connectivity index (χ0v) is 11.3. The van der Waals surface area contributed by atoms with Crippen LogP contribution < -0.4 is 0 Å². The largest absolute Gasteiger partial charge is 0.330 e. The van der Waals surface area contributed by atoms with Crippen LogP contribution in [0.15, 0.2) is 42.5 Å². The van der Waals surface area contributed by atoms with Crippen molar-refractivity contribution in [3.05, 3.63) is 64.2 Å². The number of aryl methyl sites for hydroxylation is 1. The van der Waals surface area contributed by atoms with Gasteiger partial charge >= 0.3 is 0 Å². The summed E-state index contributed by atoms with van der Waals surface area (Å²) in [5.74, 6) is -0.258. The Morgan fingerprint density at radius 2 is 2.00 bits per heavy atom. The molecule has 2 aromatic carbocycles. The first kappa shape index (κ1) is 12.1. The van der Waals surface area contributed by atoms with E-state index in [1.165, 1.54) is 23.3 Å². The van der Waals surface area contributed by atoms with Crippen LogP contribution in [0, 0.1) is 17.5 Å². The van der Waals surface area contributed by atoms with Gasteiger partial charge in [0, 0.05) is 0 Å². The first-order valence-electron chi connectivity index (χ1n) is 6.08. The van der Waals surface area contributed by atoms with Crippen molar-refractivity contribution >= 4 is 23.3 Å². The predicted octanol–water partition coefficient (Wildman–Crippen LogP) is 4.19. The number of imidazole rings is 1. The van der Waals surface area contributed by atoms with Gasteiger partial charge in [0.05, 0.1) is 17.6 Å². The van der Waals surface area contributed by atoms with Crippen LogP contribution >= 0.6 is 12.2 Å². The van der Waals surface area contributed by atoms with Crippen LogP contribution in [0.4, 0.5) is 4.39 Å². The lowest BCUT2D eigenvalue weighted by Crippen LogP contribution is -2.01. The highest BCUT2D eigenvalue weighted by Crippen LogP contribution is 2.18. The maximum atomic E-state index is 13.2. The van der Waals surface area contributed by atoms with Gasteiger partial charge in [-0.2, -0.15) is 0 Å². The molecule has 1 aromatic heterocycles. The second kappa shape index (κ2) is 4.63. The number of nitrogens with zero attached hydrogens (tertiary/aromatic N) is 1. The third-order valence-corrected chi connectivity index (χ3v) is 3.65. The van der Waals surface area contributed by atoms with E-state index in [4.69, 9.17) is 12.2 Å². The lowest BCUT2D eigenvalue weighted by Gasteiger charge is -2.07. The molecule has 0 aliphatic carbocycles. The molecule has 0 saturated carbocycles. The Labute approximate surface area is 115 Å². The average molecular weight is 272 g/mol. The quantitative estimate of drug-likeness (QED) is 0.694. The number of H-pyrrole nitrogens is 1. The second-order valence-corrected chi connectivity index (χ2v) is 4.99. The van der Waals surface area contributed by atoms with Crippen LogP contribution in [0.25, 0.3) is 11.0 Å². The van der Waals surface area contributed by atoms with E-state index < -0.39 is 0 Å². The van der Waals surface area contributed by atoms with Crippen molar-refractivity contribution in [3.63, 3.8) is 0 Å². The maximum Gasteiger partial charge on any atom is 0.178 e. The molecule has 0 aliphatic heterocycles. The summed E-state index contributed by atoms with van der Waals surface area (Å²) in [6.07, 6.45) is 0. The molecule has 0 spiro atoms. The standard InChI is InChI=1S/C15H13FN2S/c1-10-4-2-3-5-11(10)9-18-14-7-6-12(16)8-13(14)17-15(18)19/h2-8H,9H2,1H3,(H,17,19). The third kappa shape index (κ3) is 2.19. The number of fused-ring (bicyclic) bond motifs is 1. The van der Waals surface area contributed by atoms with Crippen LogP contribution in [0.5, 0.6) is 0 Å². The number of halogens is 1. The average Bonchev–Trinajstić information content (AvgIpc) is 2.68. The Morgan fingerprint density at radius 3 is 2.79 bits per heavy atom. The molecule has 0 aliphatic rings. The first-order chi connectivity index (χ1) is 9.15. The molecule has 1 N–H and O–H groups in total. The van der Waals surface area contributed by atoms with E-state index in [-0.39, 0.29) is 5.82 Å². The zero-order valence-electron chi connectivity index (χ0n) is 10.5. The summed E-state index contributed by atoms with van der Waals surface area (Å²) in [7, 11) is 0. The number of aromatic amines is 1. The van der Waals surface area contributed by atoms with Crippen molar-refractivity contribution in [1.82, 2.24) is 9.55 Å². The molecule has 3 aromatic rings. The molecule has 0 amide bonds. The molecule has 3 rings (SSSR count). The van der Waals surface area contributed by atoms with Gasteiger partial charge in [-0.05, 0) is 48.5 Å². The van der Waals surface area contributed by atoms with Crippen molar-refractivity contribution < 1.29 is 4.39 Å². The summed E-state index contributed by atoms with van der Waals surface area (Å²) >= 11 is 5.32. The van der Waals surface area contributed by atoms with Crippen LogP contribution in [-0.2, 0) is 6.54 Å². The van der Waals surface area contributed by atoms with Gasteiger partial charge in [-0.1, -0.05) is 24.3 Å². The number of rotatable bonds is 2. The first-order valence-corrected chi connectivity index (χ1v) is 6.48. The summed E-state index contributed by atoms with van der Waals surface area (Å²) in [5, 5.41) is 0. The third-order valence-electron chi connectivity index (χ3n) is 3.33. The summed E-state index contributed by atoms with van der Waals surface area (Å²) in [5.41, 5.74) is 4.10. The van der Waals surface area contributed by atoms with E-state index in [1.54, 1.807) is 6.07 Å². The Morgan fingerprint density at radius 1 is 1.21 bits per heavy atom. The minimum absolute atomic E-state index is 0.258. The number of hydrogen-bond acceptors (Lipinski definition) is 1. The smallest absolute Gasteiger partial charge is 0.178 e. The molecular formula is C15H13FN2S. The molecule has 0 saturated heterocycles. The van der Waals surface area contributed by atoms with Crippen molar-refractivity contribution in [3.8, 4) is 0 Å². The fourth-order valence-corrected chi connectivity index (χ4v) is 2.52. The van der Waals surface area contributed by atoms with Gasteiger partial charge in [0.15, 0.2) is 4.77 Å². The van der Waals surface area contributed by atoms with E-state index in [2.05, 4.69) is 24.0 Å². The van der Waals surface area contributed by atoms with Crippen molar-refractivity contribution in [2.24, 2.45) is 0 Å². The van der Waals surface area contributed by atoms with E-state index in [9.17, 15) is 4.39 Å². The lowest BCUT2D eigenvalue weighted by atomic mass is 10.1. The van der Waals surface area contributed by atoms with Crippen LogP contribution in [-0.4, -0.2) is 9.55 Å². The molecule has 0 bridgehead atoms. The summed E-state index contributed by atoms with van der Waals surface area (Å²) in [4.78, 5) is 3.05. The topological polar surface area (TPSA) is 20.7 Å². The zero-order chi connectivity index (χ0) is 13.4. The fraction of sp³-hybridized carbons (Fsp3) is 0.133. The molecule has 19 heavy (non-hydrogen) atoms. The lowest BCUT2D eigenvalue weighted by molar-refractivity contribution is 0.629. The number of nitrogens with one attached hydrogen (secondary N) is 1. The predicted molar refractivity (Wildman–Crippen MR) is 77.4 cm³/mol. The van der Waals surface area contributed by atoms with Gasteiger partial charge < -0.3 is 9.55 Å². The molecule has 0 fully saturated rings. The molecule has 0 radical (unpaired) electrons. The Balaban J connectivity index is 2.13. The fourth-order valence-electron chi connectivity index (χ4n) is 2.25. The van der Waals surface area contributed by atoms with E-state index in [0.29, 0.717) is 11.3 Å². The molecule has 2 nitrogen and oxygen atoms in total. The Bertz CT molecular complexity index is 801. The van der Waals surface area contributed by atoms with Gasteiger partial charge in [-0.15, -0.1) is 0 Å². The van der Waals surface area contributed by atoms with Gasteiger partial charge in [0.25, 0.3) is 0 Å². The molecule has 0 unspecified atom stereocenters. The monoisotopic (exact) mass is 272 g/mol. The summed E-state index contributed by atoms with van der Waals surface area (Å²) < 4.78 is 15.8. The summed E-state index contributed by atoms with van der Waals surface area (Å²) in [6.45, 7) is 2.77. The SMILES string of the molecule is Cc1ccccc1Cn1c(=S)[nH]c2cc(F)ccc21. The maximum absolute atomic E-state index is 13.2. The molecule has 1 heterocycles. The van der Waals surface area contributed by atoms with Gasteiger partial charge in [0.2, 0.25) is 0 Å². The van der Waals surface area contributed by atoms with Crippen LogP contribution in [0.3, 0.4) is 0 Å². The minimum atomic E-state index is -0.258. The van der Waals surface area contributed by atoms with E-state index >= 15 is 0 Å². The Kier molecular flexibility index (Phi) is 2.95. The van der Waals surface area contributed by atoms with Crippen LogP contribution in [0.1, 0.15) is 11.1 Å². The molecule has 0 atom stereocenters. The van der Waals surface area contributed by atoms with E-state index in [0.717, 1.165) is 11.0 Å². The summed E-state index contributed by atoms with van der Waals surface area (Å²) in [6, 6.07) is 12.9.